The number of hydrogen-bond acceptors (Lipinski definition) is 4. The first-order valence-electron chi connectivity index (χ1n) is 11.5. The number of nitrogens with zero attached hydrogens (tertiary/aromatic N) is 2. The number of hydrogen-bond donors (Lipinski definition) is 1. The number of sulfonamides is 1. The van der Waals surface area contributed by atoms with Crippen molar-refractivity contribution < 1.29 is 17.6 Å². The van der Waals surface area contributed by atoms with Gasteiger partial charge in [0.05, 0.1) is 22.6 Å². The van der Waals surface area contributed by atoms with E-state index in [9.17, 15) is 22.4 Å². The molecule has 0 aliphatic heterocycles. The van der Waals surface area contributed by atoms with Gasteiger partial charge >= 0.3 is 0 Å². The number of carbonyl (C=O) groups excluding carboxylic acids is 1. The molecule has 0 bridgehead atoms. The van der Waals surface area contributed by atoms with Crippen LogP contribution in [0, 0.1) is 5.82 Å². The molecule has 1 heterocycles. The summed E-state index contributed by atoms with van der Waals surface area (Å²) in [6.07, 6.45) is 5.19. The third-order valence-electron chi connectivity index (χ3n) is 6.42. The Labute approximate surface area is 201 Å². The molecule has 0 atom stereocenters. The van der Waals surface area contributed by atoms with Crippen LogP contribution in [-0.2, 0) is 10.0 Å². The summed E-state index contributed by atoms with van der Waals surface area (Å²) < 4.78 is 44.7. The number of rotatable bonds is 5. The lowest BCUT2D eigenvalue weighted by Gasteiger charge is -2.26. The van der Waals surface area contributed by atoms with E-state index in [1.165, 1.54) is 24.3 Å². The molecule has 0 saturated heterocycles. The molecule has 5 rings (SSSR count). The van der Waals surface area contributed by atoms with Crippen molar-refractivity contribution in [3.8, 4) is 5.69 Å². The fourth-order valence-electron chi connectivity index (χ4n) is 4.76. The maximum atomic E-state index is 14.0. The molecule has 1 amide bonds. The Hall–Kier alpha value is -3.72. The number of benzene rings is 3. The Morgan fingerprint density at radius 1 is 0.914 bits per heavy atom. The predicted molar refractivity (Wildman–Crippen MR) is 131 cm³/mol. The highest BCUT2D eigenvalue weighted by molar-refractivity contribution is 7.90. The first-order chi connectivity index (χ1) is 16.9. The zero-order valence-corrected chi connectivity index (χ0v) is 19.7. The zero-order chi connectivity index (χ0) is 24.6. The number of fused-ring (bicyclic) bond motifs is 1. The molecule has 7 nitrogen and oxygen atoms in total. The summed E-state index contributed by atoms with van der Waals surface area (Å²) in [5, 5.41) is 0.315. The summed E-state index contributed by atoms with van der Waals surface area (Å²) in [5.74, 6) is -1.90. The number of amides is 1. The largest absolute Gasteiger partial charge is 0.279 e. The lowest BCUT2D eigenvalue weighted by molar-refractivity contribution is 0.0981. The minimum atomic E-state index is -4.43. The van der Waals surface area contributed by atoms with Crippen LogP contribution in [0.15, 0.2) is 82.5 Å². The van der Waals surface area contributed by atoms with Crippen LogP contribution in [0.2, 0.25) is 0 Å². The van der Waals surface area contributed by atoms with Crippen molar-refractivity contribution in [2.75, 3.05) is 0 Å². The van der Waals surface area contributed by atoms with Crippen LogP contribution < -0.4 is 10.3 Å². The molecule has 9 heteroatoms. The van der Waals surface area contributed by atoms with Crippen molar-refractivity contribution in [1.82, 2.24) is 14.1 Å². The Bertz CT molecular complexity index is 1570. The van der Waals surface area contributed by atoms with Crippen LogP contribution in [0.3, 0.4) is 0 Å². The monoisotopic (exact) mass is 493 g/mol. The van der Waals surface area contributed by atoms with Crippen molar-refractivity contribution in [1.29, 1.82) is 0 Å². The number of aromatic nitrogens is 2. The molecule has 0 radical (unpaired) electrons. The number of halogens is 1. The zero-order valence-electron chi connectivity index (χ0n) is 18.9. The normalized spacial score (nSPS) is 14.8. The van der Waals surface area contributed by atoms with Crippen LogP contribution >= 0.6 is 0 Å². The van der Waals surface area contributed by atoms with Crippen molar-refractivity contribution >= 4 is 26.8 Å². The fraction of sp³-hybridized carbons (Fsp3) is 0.231. The van der Waals surface area contributed by atoms with E-state index < -0.39 is 26.6 Å². The fourth-order valence-corrected chi connectivity index (χ4v) is 5.82. The van der Waals surface area contributed by atoms with Gasteiger partial charge in [0.1, 0.15) is 10.7 Å². The third kappa shape index (κ3) is 4.27. The van der Waals surface area contributed by atoms with Gasteiger partial charge < -0.3 is 0 Å². The molecule has 35 heavy (non-hydrogen) atoms. The van der Waals surface area contributed by atoms with Gasteiger partial charge in [-0.15, -0.1) is 0 Å². The van der Waals surface area contributed by atoms with E-state index in [1.807, 2.05) is 39.7 Å². The standard InChI is InChI=1S/C26H24FN3O4S/c27-22-13-7-8-14-24(22)35(33,34)28-25(31)18-15-16-23-21(17-18)26(32)30(20-11-5-2-6-12-20)29(23)19-9-3-1-4-10-19/h2,5-8,11-17,19H,1,3-4,9-10H2,(H,28,31). The van der Waals surface area contributed by atoms with Gasteiger partial charge in [-0.1, -0.05) is 49.6 Å². The topological polar surface area (TPSA) is 90.2 Å². The quantitative estimate of drug-likeness (QED) is 0.442. The molecule has 0 unspecified atom stereocenters. The summed E-state index contributed by atoms with van der Waals surface area (Å²) in [4.78, 5) is 25.8. The molecular weight excluding hydrogens is 469 g/mol. The van der Waals surface area contributed by atoms with E-state index in [2.05, 4.69) is 0 Å². The van der Waals surface area contributed by atoms with Crippen LogP contribution in [0.1, 0.15) is 48.5 Å². The molecule has 1 aromatic heterocycles. The summed E-state index contributed by atoms with van der Waals surface area (Å²) in [7, 11) is -4.43. The smallest absolute Gasteiger partial charge is 0.274 e. The van der Waals surface area contributed by atoms with Crippen molar-refractivity contribution in [2.45, 2.75) is 43.0 Å². The minimum Gasteiger partial charge on any atom is -0.274 e. The number of para-hydroxylation sites is 1. The highest BCUT2D eigenvalue weighted by Gasteiger charge is 2.26. The van der Waals surface area contributed by atoms with Crippen LogP contribution in [-0.4, -0.2) is 23.7 Å². The highest BCUT2D eigenvalue weighted by atomic mass is 32.2. The van der Waals surface area contributed by atoms with E-state index >= 15 is 0 Å². The van der Waals surface area contributed by atoms with Gasteiger partial charge in [-0.2, -0.15) is 0 Å². The molecule has 1 saturated carbocycles. The second-order valence-corrected chi connectivity index (χ2v) is 10.3. The Morgan fingerprint density at radius 3 is 2.31 bits per heavy atom. The molecule has 1 aliphatic carbocycles. The van der Waals surface area contributed by atoms with Gasteiger partial charge in [-0.25, -0.2) is 22.2 Å². The average molecular weight is 494 g/mol. The summed E-state index contributed by atoms with van der Waals surface area (Å²) >= 11 is 0. The molecule has 1 aliphatic rings. The Morgan fingerprint density at radius 2 is 1.60 bits per heavy atom. The Kier molecular flexibility index (Phi) is 6.02. The molecule has 4 aromatic rings. The summed E-state index contributed by atoms with van der Waals surface area (Å²) in [6, 6.07) is 18.8. The molecule has 3 aromatic carbocycles. The maximum Gasteiger partial charge on any atom is 0.279 e. The van der Waals surface area contributed by atoms with Crippen LogP contribution in [0.25, 0.3) is 16.6 Å². The third-order valence-corrected chi connectivity index (χ3v) is 7.78. The average Bonchev–Trinajstić information content (AvgIpc) is 3.16. The second kappa shape index (κ2) is 9.14. The minimum absolute atomic E-state index is 0.00415. The van der Waals surface area contributed by atoms with Gasteiger partial charge in [-0.05, 0) is 55.3 Å². The maximum absolute atomic E-state index is 14.0. The van der Waals surface area contributed by atoms with Gasteiger partial charge in [0, 0.05) is 5.56 Å². The number of nitrogens with one attached hydrogen (secondary N) is 1. The van der Waals surface area contributed by atoms with Crippen molar-refractivity contribution in [2.24, 2.45) is 0 Å². The van der Waals surface area contributed by atoms with Crippen LogP contribution in [0.5, 0.6) is 0 Å². The molecular formula is C26H24FN3O4S. The summed E-state index contributed by atoms with van der Waals surface area (Å²) in [6.45, 7) is 0. The Balaban J connectivity index is 1.59. The van der Waals surface area contributed by atoms with Crippen molar-refractivity contribution in [3.05, 3.63) is 94.5 Å². The molecule has 0 spiro atoms. The molecule has 1 fully saturated rings. The van der Waals surface area contributed by atoms with E-state index in [0.717, 1.165) is 44.2 Å². The van der Waals surface area contributed by atoms with E-state index in [0.29, 0.717) is 16.6 Å². The van der Waals surface area contributed by atoms with Gasteiger partial charge in [0.25, 0.3) is 21.5 Å². The lowest BCUT2D eigenvalue weighted by Crippen LogP contribution is -2.31. The van der Waals surface area contributed by atoms with E-state index in [4.69, 9.17) is 0 Å². The molecule has 1 N–H and O–H groups in total. The predicted octanol–water partition coefficient (Wildman–Crippen LogP) is 4.56. The first kappa shape index (κ1) is 23.0. The van der Waals surface area contributed by atoms with Gasteiger partial charge in [-0.3, -0.25) is 14.3 Å². The summed E-state index contributed by atoms with van der Waals surface area (Å²) in [5.41, 5.74) is 1.10. The van der Waals surface area contributed by atoms with Gasteiger partial charge in [0.2, 0.25) is 0 Å². The second-order valence-electron chi connectivity index (χ2n) is 8.69. The van der Waals surface area contributed by atoms with E-state index in [1.54, 1.807) is 10.7 Å². The molecule has 180 valence electrons. The van der Waals surface area contributed by atoms with E-state index in [-0.39, 0.29) is 17.2 Å². The first-order valence-corrected chi connectivity index (χ1v) is 13.0. The van der Waals surface area contributed by atoms with Crippen LogP contribution in [0.4, 0.5) is 4.39 Å². The number of carbonyl (C=O) groups is 1. The SMILES string of the molecule is O=C(NS(=O)(=O)c1ccccc1F)c1ccc2c(c1)c(=O)n(-c1ccccc1)n2C1CCCCC1. The van der Waals surface area contributed by atoms with Gasteiger partial charge in [0.15, 0.2) is 0 Å². The lowest BCUT2D eigenvalue weighted by atomic mass is 9.95. The van der Waals surface area contributed by atoms with Crippen molar-refractivity contribution in [3.63, 3.8) is 0 Å². The highest BCUT2D eigenvalue weighted by Crippen LogP contribution is 2.32.